The summed E-state index contributed by atoms with van der Waals surface area (Å²) in [6.45, 7) is 9.26. The van der Waals surface area contributed by atoms with E-state index in [2.05, 4.69) is 17.9 Å². The summed E-state index contributed by atoms with van der Waals surface area (Å²) in [5.74, 6) is 1.19. The highest BCUT2D eigenvalue weighted by Crippen LogP contribution is 2.49. The lowest BCUT2D eigenvalue weighted by Gasteiger charge is -2.18. The first-order chi connectivity index (χ1) is 19.3. The Balaban J connectivity index is 4.24. The maximum atomic E-state index is 12.9. The summed E-state index contributed by atoms with van der Waals surface area (Å²) in [6.07, 6.45) is 8.92. The second kappa shape index (κ2) is 26.0. The molecule has 2 atom stereocenters. The monoisotopic (exact) mass is 628 g/mol. The molecule has 11 nitrogen and oxygen atoms in total. The van der Waals surface area contributed by atoms with Crippen LogP contribution in [-0.4, -0.2) is 81.2 Å². The Morgan fingerprint density at radius 1 is 0.875 bits per heavy atom. The fourth-order valence-corrected chi connectivity index (χ4v) is 5.70. The molecular weight excluding hydrogens is 587 g/mol. The van der Waals surface area contributed by atoms with E-state index in [9.17, 15) is 18.9 Å². The van der Waals surface area contributed by atoms with Crippen molar-refractivity contribution in [2.45, 2.75) is 51.6 Å². The zero-order valence-electron chi connectivity index (χ0n) is 23.1. The first-order valence-electron chi connectivity index (χ1n) is 13.0. The predicted octanol–water partition coefficient (Wildman–Crippen LogP) is 7.29. The molecule has 0 heterocycles. The van der Waals surface area contributed by atoms with Gasteiger partial charge in [-0.15, -0.1) is 0 Å². The van der Waals surface area contributed by atoms with Gasteiger partial charge in [0.15, 0.2) is 0 Å². The number of thioether (sulfide) groups is 1. The van der Waals surface area contributed by atoms with Gasteiger partial charge in [-0.2, -0.15) is 11.8 Å². The molecule has 230 valence electrons. The molecule has 0 bridgehead atoms. The summed E-state index contributed by atoms with van der Waals surface area (Å²) in [6, 6.07) is 0. The molecule has 0 aromatic heterocycles. The molecule has 0 saturated heterocycles. The van der Waals surface area contributed by atoms with Crippen molar-refractivity contribution in [3.63, 3.8) is 0 Å². The number of carbonyl (C=O) groups excluding carboxylic acids is 3. The number of hydrogen-bond acceptors (Lipinski definition) is 12. The number of rotatable bonds is 25. The smallest absolute Gasteiger partial charge is 0.449 e. The quantitative estimate of drug-likeness (QED) is 0.0251. The molecule has 0 radical (unpaired) electrons. The van der Waals surface area contributed by atoms with E-state index in [1.807, 2.05) is 6.08 Å². The number of ether oxygens (including phenoxy) is 5. The third-order valence-electron chi connectivity index (χ3n) is 4.65. The van der Waals surface area contributed by atoms with Gasteiger partial charge in [-0.25, -0.2) is 14.4 Å². The second-order valence-electron chi connectivity index (χ2n) is 7.99. The van der Waals surface area contributed by atoms with Crippen LogP contribution in [0, 0.1) is 0 Å². The van der Waals surface area contributed by atoms with Gasteiger partial charge in [-0.1, -0.05) is 50.3 Å². The molecule has 0 spiro atoms. The zero-order valence-corrected chi connectivity index (χ0v) is 25.6. The van der Waals surface area contributed by atoms with Crippen LogP contribution in [0.3, 0.4) is 0 Å². The maximum absolute atomic E-state index is 12.9. The van der Waals surface area contributed by atoms with E-state index in [1.165, 1.54) is 12.2 Å². The molecule has 0 aliphatic rings. The third kappa shape index (κ3) is 23.9. The van der Waals surface area contributed by atoms with E-state index < -0.39 is 31.4 Å². The summed E-state index contributed by atoms with van der Waals surface area (Å²) >= 11 is 6.62. The van der Waals surface area contributed by atoms with Crippen LogP contribution in [0.15, 0.2) is 37.5 Å². The van der Waals surface area contributed by atoms with Crippen molar-refractivity contribution in [1.82, 2.24) is 0 Å². The molecule has 0 N–H and O–H groups in total. The van der Waals surface area contributed by atoms with Crippen LogP contribution in [0.25, 0.3) is 0 Å². The Kier molecular flexibility index (Phi) is 24.7. The number of hydrogen-bond donors (Lipinski definition) is 0. The zero-order chi connectivity index (χ0) is 29.9. The minimum absolute atomic E-state index is 0.00879. The number of carbonyl (C=O) groups is 3. The highest BCUT2D eigenvalue weighted by Gasteiger charge is 2.23. The van der Waals surface area contributed by atoms with Crippen LogP contribution in [-0.2, 0) is 37.3 Å². The van der Waals surface area contributed by atoms with Gasteiger partial charge in [0.1, 0.15) is 32.5 Å². The van der Waals surface area contributed by atoms with Gasteiger partial charge in [0.05, 0.1) is 19.4 Å². The molecule has 0 aliphatic carbocycles. The van der Waals surface area contributed by atoms with E-state index >= 15 is 0 Å². The molecule has 40 heavy (non-hydrogen) atoms. The topological polar surface area (TPSA) is 133 Å². The lowest BCUT2D eigenvalue weighted by molar-refractivity contribution is -0.00421. The normalized spacial score (nSPS) is 13.2. The van der Waals surface area contributed by atoms with Crippen LogP contribution in [0.5, 0.6) is 0 Å². The van der Waals surface area contributed by atoms with E-state index in [4.69, 9.17) is 39.6 Å². The highest BCUT2D eigenvalue weighted by molar-refractivity contribution is 7.99. The lowest BCUT2D eigenvalue weighted by Crippen LogP contribution is -2.28. The average molecular weight is 629 g/mol. The van der Waals surface area contributed by atoms with Crippen molar-refractivity contribution in [3.8, 4) is 0 Å². The highest BCUT2D eigenvalue weighted by atomic mass is 35.5. The van der Waals surface area contributed by atoms with Crippen LogP contribution in [0.2, 0.25) is 0 Å². The predicted molar refractivity (Wildman–Crippen MR) is 155 cm³/mol. The number of unbranched alkanes of at least 4 members (excludes halogenated alkanes) is 4. The van der Waals surface area contributed by atoms with Crippen molar-refractivity contribution in [3.05, 3.63) is 37.5 Å². The molecule has 0 amide bonds. The van der Waals surface area contributed by atoms with Crippen molar-refractivity contribution >= 4 is 48.7 Å². The van der Waals surface area contributed by atoms with Crippen molar-refractivity contribution in [2.75, 3.05) is 57.3 Å². The van der Waals surface area contributed by atoms with Gasteiger partial charge in [-0.3, -0.25) is 4.57 Å². The molecule has 14 heteroatoms. The third-order valence-corrected chi connectivity index (χ3v) is 8.04. The summed E-state index contributed by atoms with van der Waals surface area (Å²) in [5.41, 5.74) is -0.850. The molecular formula is C26H42ClO11PS. The maximum Gasteiger partial charge on any atom is 0.509 e. The Morgan fingerprint density at radius 3 is 2.25 bits per heavy atom. The van der Waals surface area contributed by atoms with Crippen molar-refractivity contribution in [1.29, 1.82) is 0 Å². The van der Waals surface area contributed by atoms with E-state index in [0.29, 0.717) is 44.4 Å². The molecule has 0 aliphatic heterocycles. The van der Waals surface area contributed by atoms with Gasteiger partial charge >= 0.3 is 25.3 Å². The summed E-state index contributed by atoms with van der Waals surface area (Å²) in [4.78, 5) is 33.8. The second-order valence-corrected chi connectivity index (χ2v) is 11.6. The minimum Gasteiger partial charge on any atom is -0.449 e. The molecule has 0 saturated carbocycles. The Hall–Kier alpha value is -1.98. The first kappa shape index (κ1) is 38.0. The Bertz CT molecular complexity index is 810. The van der Waals surface area contributed by atoms with E-state index in [1.54, 1.807) is 24.8 Å². The van der Waals surface area contributed by atoms with E-state index in [-0.39, 0.29) is 26.4 Å². The SMILES string of the molecule is C=CCOC(=O)OCC(CSCCCCCCP(=O)(OCC)OCCC/C=C/COC(=O)Cl)OC(=O)OCC=C. The van der Waals surface area contributed by atoms with Gasteiger partial charge in [0.2, 0.25) is 0 Å². The largest absolute Gasteiger partial charge is 0.509 e. The van der Waals surface area contributed by atoms with Gasteiger partial charge < -0.3 is 32.7 Å². The number of allylic oxidation sites excluding steroid dienone is 1. The van der Waals surface area contributed by atoms with Gasteiger partial charge in [0, 0.05) is 17.4 Å². The Morgan fingerprint density at radius 2 is 1.57 bits per heavy atom. The number of halogens is 1. The fraction of sp³-hybridized carbons (Fsp3) is 0.654. The van der Waals surface area contributed by atoms with Gasteiger partial charge in [0.25, 0.3) is 0 Å². The molecule has 0 aromatic carbocycles. The van der Waals surface area contributed by atoms with E-state index in [0.717, 1.165) is 25.0 Å². The fourth-order valence-electron chi connectivity index (χ4n) is 2.89. The molecule has 0 rings (SSSR count). The van der Waals surface area contributed by atoms with Crippen molar-refractivity contribution < 1.29 is 51.7 Å². The molecule has 0 aromatic rings. The standard InChI is InChI=1S/C26H42ClO11PS/c1-4-15-33-25(29)35-21-23(38-26(30)34-16-5-2)22-40-20-14-10-9-13-19-39(31,36-6-3)37-18-12-8-7-11-17-32-24(27)28/h4-5,7,11,23H,1-2,6,8-10,12-22H2,3H3/b11-7+. The van der Waals surface area contributed by atoms with Crippen LogP contribution < -0.4 is 0 Å². The van der Waals surface area contributed by atoms with Crippen LogP contribution in [0.4, 0.5) is 14.4 Å². The average Bonchev–Trinajstić information content (AvgIpc) is 2.92. The summed E-state index contributed by atoms with van der Waals surface area (Å²) < 4.78 is 48.3. The minimum atomic E-state index is -3.15. The first-order valence-corrected chi connectivity index (χ1v) is 16.3. The Labute approximate surface area is 246 Å². The molecule has 0 fully saturated rings. The molecule has 2 unspecified atom stereocenters. The van der Waals surface area contributed by atoms with Crippen LogP contribution in [0.1, 0.15) is 45.4 Å². The lowest BCUT2D eigenvalue weighted by atomic mass is 10.2. The van der Waals surface area contributed by atoms with Crippen molar-refractivity contribution in [2.24, 2.45) is 0 Å². The van der Waals surface area contributed by atoms with Crippen LogP contribution >= 0.6 is 31.0 Å². The van der Waals surface area contributed by atoms with Gasteiger partial charge in [-0.05, 0) is 38.4 Å². The summed E-state index contributed by atoms with van der Waals surface area (Å²) in [7, 11) is -3.15. The summed E-state index contributed by atoms with van der Waals surface area (Å²) in [5, 5.41) is 0.